The molecule has 0 fully saturated rings. The van der Waals surface area contributed by atoms with Crippen molar-refractivity contribution in [1.82, 2.24) is 0 Å². The Labute approximate surface area is 168 Å². The highest BCUT2D eigenvalue weighted by molar-refractivity contribution is 9.10. The van der Waals surface area contributed by atoms with Crippen molar-refractivity contribution in [2.75, 3.05) is 0 Å². The van der Waals surface area contributed by atoms with Crippen LogP contribution < -0.4 is 4.74 Å². The van der Waals surface area contributed by atoms with E-state index in [9.17, 15) is 10.1 Å². The lowest BCUT2D eigenvalue weighted by Gasteiger charge is -2.11. The Balaban J connectivity index is 1.91. The number of hydrogen-bond acceptors (Lipinski definition) is 4. The van der Waals surface area contributed by atoms with Gasteiger partial charge in [0.15, 0.2) is 0 Å². The molecule has 0 aliphatic carbocycles. The number of nitrogens with zero attached hydrogens (tertiary/aromatic N) is 1. The molecule has 7 heteroatoms. The second kappa shape index (κ2) is 8.58. The Kier molecular flexibility index (Phi) is 6.19. The summed E-state index contributed by atoms with van der Waals surface area (Å²) in [6, 6.07) is 20.1. The normalized spacial score (nSPS) is 10.5. The first-order chi connectivity index (χ1) is 12.5. The summed E-state index contributed by atoms with van der Waals surface area (Å²) >= 11 is 10.9. The minimum absolute atomic E-state index is 0.0529. The molecule has 0 unspecified atom stereocenters. The minimum Gasteiger partial charge on any atom is -0.487 e. The van der Waals surface area contributed by atoms with Crippen LogP contribution in [0, 0.1) is 10.1 Å². The van der Waals surface area contributed by atoms with Crippen LogP contribution in [0.15, 0.2) is 81.0 Å². The molecule has 0 N–H and O–H groups in total. The summed E-state index contributed by atoms with van der Waals surface area (Å²) in [5.74, 6) is 0.413. The van der Waals surface area contributed by atoms with Crippen molar-refractivity contribution < 1.29 is 9.66 Å². The van der Waals surface area contributed by atoms with Crippen LogP contribution >= 0.6 is 39.3 Å². The van der Waals surface area contributed by atoms with Crippen molar-refractivity contribution in [3.05, 3.63) is 91.9 Å². The summed E-state index contributed by atoms with van der Waals surface area (Å²) in [6.07, 6.45) is 0. The molecule has 3 rings (SSSR count). The number of ether oxygens (including phenoxy) is 1. The van der Waals surface area contributed by atoms with Crippen molar-refractivity contribution >= 4 is 45.0 Å². The first-order valence-electron chi connectivity index (χ1n) is 7.61. The Morgan fingerprint density at radius 3 is 2.42 bits per heavy atom. The van der Waals surface area contributed by atoms with Crippen molar-refractivity contribution in [2.24, 2.45) is 0 Å². The number of halogens is 2. The highest BCUT2D eigenvalue weighted by Crippen LogP contribution is 2.42. The Morgan fingerprint density at radius 2 is 1.73 bits per heavy atom. The van der Waals surface area contributed by atoms with E-state index in [2.05, 4.69) is 15.9 Å². The zero-order valence-corrected chi connectivity index (χ0v) is 16.6. The zero-order valence-electron chi connectivity index (χ0n) is 13.4. The first-order valence-corrected chi connectivity index (χ1v) is 9.60. The third-order valence-corrected chi connectivity index (χ3v) is 5.88. The highest BCUT2D eigenvalue weighted by Gasteiger charge is 2.20. The quantitative estimate of drug-likeness (QED) is 0.308. The fourth-order valence-corrected chi connectivity index (χ4v) is 3.93. The van der Waals surface area contributed by atoms with Crippen LogP contribution in [-0.2, 0) is 6.61 Å². The summed E-state index contributed by atoms with van der Waals surface area (Å²) in [6.45, 7) is 0.331. The average Bonchev–Trinajstić information content (AvgIpc) is 2.64. The van der Waals surface area contributed by atoms with E-state index >= 15 is 0 Å². The lowest BCUT2D eigenvalue weighted by atomic mass is 10.2. The average molecular weight is 451 g/mol. The van der Waals surface area contributed by atoms with E-state index in [1.165, 1.54) is 17.8 Å². The highest BCUT2D eigenvalue weighted by atomic mass is 79.9. The van der Waals surface area contributed by atoms with Crippen LogP contribution in [0.5, 0.6) is 5.75 Å². The Bertz CT molecular complexity index is 937. The van der Waals surface area contributed by atoms with Crippen LogP contribution in [0.25, 0.3) is 0 Å². The zero-order chi connectivity index (χ0) is 18.5. The number of benzene rings is 3. The van der Waals surface area contributed by atoms with Crippen molar-refractivity contribution in [3.8, 4) is 5.75 Å². The second-order valence-electron chi connectivity index (χ2n) is 5.31. The SMILES string of the molecule is O=[N+]([O-])c1cc(Cl)c(OCc2ccccc2)cc1Sc1ccccc1Br. The van der Waals surface area contributed by atoms with E-state index in [4.69, 9.17) is 16.3 Å². The van der Waals surface area contributed by atoms with Gasteiger partial charge in [-0.2, -0.15) is 0 Å². The van der Waals surface area contributed by atoms with Gasteiger partial charge in [0.2, 0.25) is 0 Å². The molecule has 4 nitrogen and oxygen atoms in total. The van der Waals surface area contributed by atoms with Gasteiger partial charge in [-0.3, -0.25) is 10.1 Å². The first kappa shape index (κ1) is 18.8. The summed E-state index contributed by atoms with van der Waals surface area (Å²) in [7, 11) is 0. The molecule has 0 aromatic heterocycles. The van der Waals surface area contributed by atoms with Crippen LogP contribution in [0.1, 0.15) is 5.56 Å². The molecule has 0 atom stereocenters. The summed E-state index contributed by atoms with van der Waals surface area (Å²) in [5.41, 5.74) is 0.935. The molecule has 0 aliphatic heterocycles. The third-order valence-electron chi connectivity index (χ3n) is 3.50. The second-order valence-corrected chi connectivity index (χ2v) is 7.66. The van der Waals surface area contributed by atoms with Gasteiger partial charge in [-0.15, -0.1) is 0 Å². The number of hydrogen-bond donors (Lipinski definition) is 0. The van der Waals surface area contributed by atoms with Gasteiger partial charge < -0.3 is 4.74 Å². The minimum atomic E-state index is -0.438. The maximum absolute atomic E-state index is 11.4. The molecule has 0 amide bonds. The van der Waals surface area contributed by atoms with E-state index in [-0.39, 0.29) is 10.7 Å². The Morgan fingerprint density at radius 1 is 1.04 bits per heavy atom. The largest absolute Gasteiger partial charge is 0.487 e. The van der Waals surface area contributed by atoms with Crippen molar-refractivity contribution in [1.29, 1.82) is 0 Å². The van der Waals surface area contributed by atoms with Crippen molar-refractivity contribution in [2.45, 2.75) is 16.4 Å². The molecule has 0 radical (unpaired) electrons. The fraction of sp³-hybridized carbons (Fsp3) is 0.0526. The van der Waals surface area contributed by atoms with Crippen molar-refractivity contribution in [3.63, 3.8) is 0 Å². The van der Waals surface area contributed by atoms with E-state index in [1.54, 1.807) is 6.07 Å². The lowest BCUT2D eigenvalue weighted by molar-refractivity contribution is -0.387. The van der Waals surface area contributed by atoms with Crippen LogP contribution in [0.3, 0.4) is 0 Å². The van der Waals surface area contributed by atoms with Gasteiger partial charge in [-0.25, -0.2) is 0 Å². The number of rotatable bonds is 6. The molecular weight excluding hydrogens is 438 g/mol. The van der Waals surface area contributed by atoms with E-state index in [0.29, 0.717) is 17.3 Å². The molecular formula is C19H13BrClNO3S. The van der Waals surface area contributed by atoms with Gasteiger partial charge >= 0.3 is 0 Å². The van der Waals surface area contributed by atoms with Gasteiger partial charge in [-0.1, -0.05) is 65.8 Å². The molecule has 0 saturated heterocycles. The van der Waals surface area contributed by atoms with Gasteiger partial charge in [0.25, 0.3) is 5.69 Å². The molecule has 132 valence electrons. The third kappa shape index (κ3) is 4.58. The monoisotopic (exact) mass is 449 g/mol. The maximum Gasteiger partial charge on any atom is 0.285 e. The molecule has 0 spiro atoms. The lowest BCUT2D eigenvalue weighted by Crippen LogP contribution is -1.98. The van der Waals surface area contributed by atoms with Crippen LogP contribution in [-0.4, -0.2) is 4.92 Å². The molecule has 26 heavy (non-hydrogen) atoms. The van der Waals surface area contributed by atoms with E-state index < -0.39 is 4.92 Å². The molecule has 0 bridgehead atoms. The smallest absolute Gasteiger partial charge is 0.285 e. The van der Waals surface area contributed by atoms with Gasteiger partial charge in [0.1, 0.15) is 12.4 Å². The predicted molar refractivity (Wildman–Crippen MR) is 107 cm³/mol. The van der Waals surface area contributed by atoms with Crippen LogP contribution in [0.2, 0.25) is 5.02 Å². The van der Waals surface area contributed by atoms with Gasteiger partial charge in [0, 0.05) is 21.5 Å². The molecule has 0 saturated carbocycles. The van der Waals surface area contributed by atoms with Gasteiger partial charge in [-0.05, 0) is 33.6 Å². The predicted octanol–water partition coefficient (Wildman–Crippen LogP) is 6.74. The molecule has 0 heterocycles. The molecule has 3 aromatic rings. The van der Waals surface area contributed by atoms with E-state index in [0.717, 1.165) is 14.9 Å². The Hall–Kier alpha value is -2.02. The fourth-order valence-electron chi connectivity index (χ4n) is 2.24. The summed E-state index contributed by atoms with van der Waals surface area (Å²) < 4.78 is 6.65. The maximum atomic E-state index is 11.4. The molecule has 3 aromatic carbocycles. The van der Waals surface area contributed by atoms with E-state index in [1.807, 2.05) is 54.6 Å². The van der Waals surface area contributed by atoms with Gasteiger partial charge in [0.05, 0.1) is 14.8 Å². The molecule has 0 aliphatic rings. The number of nitro benzene ring substituents is 1. The summed E-state index contributed by atoms with van der Waals surface area (Å²) in [4.78, 5) is 12.3. The van der Waals surface area contributed by atoms with Crippen LogP contribution in [0.4, 0.5) is 5.69 Å². The summed E-state index contributed by atoms with van der Waals surface area (Å²) in [5, 5.41) is 11.6. The topological polar surface area (TPSA) is 52.4 Å². The standard InChI is InChI=1S/C19H13BrClNO3S/c20-14-8-4-5-9-18(14)26-19-11-17(15(21)10-16(19)22(23)24)25-12-13-6-2-1-3-7-13/h1-11H,12H2. The number of nitro groups is 1.